The highest BCUT2D eigenvalue weighted by atomic mass is 16.3. The van der Waals surface area contributed by atoms with Gasteiger partial charge in [0.05, 0.1) is 12.2 Å². The summed E-state index contributed by atoms with van der Waals surface area (Å²) in [6.45, 7) is 11.3. The summed E-state index contributed by atoms with van der Waals surface area (Å²) in [5, 5.41) is 20.0. The first-order valence-corrected chi connectivity index (χ1v) is 9.78. The minimum absolute atomic E-state index is 0.420. The number of rotatable bonds is 2. The lowest BCUT2D eigenvalue weighted by Crippen LogP contribution is -2.35. The minimum Gasteiger partial charge on any atom is -0.393 e. The van der Waals surface area contributed by atoms with Crippen LogP contribution in [0.3, 0.4) is 0 Å². The van der Waals surface area contributed by atoms with Crippen molar-refractivity contribution >= 4 is 0 Å². The van der Waals surface area contributed by atoms with E-state index in [1.807, 2.05) is 0 Å². The Morgan fingerprint density at radius 1 is 1.21 bits per heavy atom. The van der Waals surface area contributed by atoms with Crippen LogP contribution in [0, 0.1) is 23.2 Å². The molecule has 2 heteroatoms. The number of aliphatic hydroxyl groups excluding tert-OH is 2. The second kappa shape index (κ2) is 6.80. The van der Waals surface area contributed by atoms with Gasteiger partial charge in [-0.3, -0.25) is 0 Å². The highest BCUT2D eigenvalue weighted by Gasteiger charge is 2.49. The lowest BCUT2D eigenvalue weighted by Gasteiger charge is -2.43. The van der Waals surface area contributed by atoms with E-state index in [9.17, 15) is 10.2 Å². The van der Waals surface area contributed by atoms with Gasteiger partial charge in [0.15, 0.2) is 0 Å². The number of hydrogen-bond donors (Lipinski definition) is 2. The van der Waals surface area contributed by atoms with Gasteiger partial charge >= 0.3 is 0 Å². The highest BCUT2D eigenvalue weighted by Crippen LogP contribution is 2.59. The molecule has 2 nitrogen and oxygen atoms in total. The third kappa shape index (κ3) is 3.15. The Balaban J connectivity index is 1.83. The predicted molar refractivity (Wildman–Crippen MR) is 99.6 cm³/mol. The summed E-state index contributed by atoms with van der Waals surface area (Å²) >= 11 is 0. The second-order valence-corrected chi connectivity index (χ2v) is 8.91. The van der Waals surface area contributed by atoms with E-state index in [2.05, 4.69) is 39.5 Å². The van der Waals surface area contributed by atoms with E-state index < -0.39 is 12.2 Å². The lowest BCUT2D eigenvalue weighted by molar-refractivity contribution is 0.0862. The van der Waals surface area contributed by atoms with Gasteiger partial charge in [0, 0.05) is 6.42 Å². The molecule has 3 rings (SSSR count). The van der Waals surface area contributed by atoms with Crippen LogP contribution in [0.15, 0.2) is 35.5 Å². The zero-order valence-corrected chi connectivity index (χ0v) is 15.6. The molecule has 0 saturated heterocycles. The van der Waals surface area contributed by atoms with Gasteiger partial charge in [-0.2, -0.15) is 0 Å². The molecule has 1 unspecified atom stereocenters. The molecule has 0 aromatic carbocycles. The first kappa shape index (κ1) is 17.9. The van der Waals surface area contributed by atoms with Crippen LogP contribution in [-0.2, 0) is 0 Å². The van der Waals surface area contributed by atoms with Gasteiger partial charge in [0.25, 0.3) is 0 Å². The topological polar surface area (TPSA) is 40.5 Å². The molecule has 2 N–H and O–H groups in total. The van der Waals surface area contributed by atoms with Crippen LogP contribution in [0.5, 0.6) is 0 Å². The molecule has 0 spiro atoms. The summed E-state index contributed by atoms with van der Waals surface area (Å²) in [5.74, 6) is 2.32. The highest BCUT2D eigenvalue weighted by molar-refractivity contribution is 5.38. The Morgan fingerprint density at radius 3 is 2.67 bits per heavy atom. The summed E-state index contributed by atoms with van der Waals surface area (Å²) in [6, 6.07) is 0. The number of allylic oxidation sites excluding steroid dienone is 3. The minimum atomic E-state index is -0.591. The van der Waals surface area contributed by atoms with Crippen LogP contribution in [-0.4, -0.2) is 22.4 Å². The fourth-order valence-electron chi connectivity index (χ4n) is 5.84. The first-order valence-electron chi connectivity index (χ1n) is 9.78. The summed E-state index contributed by atoms with van der Waals surface area (Å²) in [6.07, 6.45) is 11.0. The zero-order valence-electron chi connectivity index (χ0n) is 15.6. The van der Waals surface area contributed by atoms with Gasteiger partial charge in [-0.15, -0.1) is 0 Å². The van der Waals surface area contributed by atoms with Crippen LogP contribution in [0.1, 0.15) is 65.7 Å². The molecule has 0 aromatic rings. The van der Waals surface area contributed by atoms with Crippen molar-refractivity contribution in [3.63, 3.8) is 0 Å². The molecule has 3 saturated carbocycles. The van der Waals surface area contributed by atoms with E-state index in [1.54, 1.807) is 5.57 Å². The van der Waals surface area contributed by atoms with Crippen molar-refractivity contribution in [2.24, 2.45) is 23.2 Å². The number of fused-ring (bicyclic) bond motifs is 1. The molecule has 0 radical (unpaired) electrons. The quantitative estimate of drug-likeness (QED) is 0.764. The normalized spacial score (nSPS) is 43.7. The van der Waals surface area contributed by atoms with E-state index in [4.69, 9.17) is 0 Å². The average molecular weight is 331 g/mol. The van der Waals surface area contributed by atoms with E-state index in [-0.39, 0.29) is 0 Å². The van der Waals surface area contributed by atoms with Gasteiger partial charge < -0.3 is 10.2 Å². The number of hydrogen-bond acceptors (Lipinski definition) is 2. The van der Waals surface area contributed by atoms with Gasteiger partial charge in [0.1, 0.15) is 0 Å². The summed E-state index contributed by atoms with van der Waals surface area (Å²) < 4.78 is 0. The van der Waals surface area contributed by atoms with Crippen molar-refractivity contribution in [3.8, 4) is 0 Å². The third-order valence-electron chi connectivity index (χ3n) is 7.11. The Hall–Kier alpha value is -0.860. The van der Waals surface area contributed by atoms with Crippen molar-refractivity contribution in [2.75, 3.05) is 0 Å². The lowest BCUT2D eigenvalue weighted by atomic mass is 9.61. The van der Waals surface area contributed by atoms with Crippen LogP contribution in [0.4, 0.5) is 0 Å². The molecular weight excluding hydrogens is 296 g/mol. The fraction of sp³-hybridized carbons (Fsp3) is 0.727. The third-order valence-corrected chi connectivity index (χ3v) is 7.11. The molecule has 3 fully saturated rings. The van der Waals surface area contributed by atoms with Crippen LogP contribution in [0.2, 0.25) is 0 Å². The van der Waals surface area contributed by atoms with E-state index in [0.29, 0.717) is 24.2 Å². The Kier molecular flexibility index (Phi) is 5.09. The maximum atomic E-state index is 10.0. The molecule has 3 aliphatic carbocycles. The molecule has 5 atom stereocenters. The predicted octanol–water partition coefficient (Wildman–Crippen LogP) is 4.78. The molecular formula is C22H34O2. The van der Waals surface area contributed by atoms with Crippen LogP contribution >= 0.6 is 0 Å². The van der Waals surface area contributed by atoms with Gasteiger partial charge in [-0.1, -0.05) is 45.1 Å². The molecule has 3 aliphatic rings. The van der Waals surface area contributed by atoms with Crippen molar-refractivity contribution in [1.82, 2.24) is 0 Å². The standard InChI is InChI=1S/C22H34O2/c1-14(2)19-9-10-20-16(6-5-11-22(19,20)4)7-8-17-12-18(23)13-21(24)15(17)3/h7-8,14,18-21,23-24H,3,5-6,9-13H2,1-2,4H3/b16-7+,17-8-/t18-,19+,20-,21-,22?/m0/s1. The van der Waals surface area contributed by atoms with Gasteiger partial charge in [-0.25, -0.2) is 0 Å². The Morgan fingerprint density at radius 2 is 1.96 bits per heavy atom. The average Bonchev–Trinajstić information content (AvgIpc) is 2.87. The number of aliphatic hydroxyl groups is 2. The molecule has 24 heavy (non-hydrogen) atoms. The smallest absolute Gasteiger partial charge is 0.0811 e. The summed E-state index contributed by atoms with van der Waals surface area (Å²) in [7, 11) is 0. The maximum absolute atomic E-state index is 10.0. The molecule has 0 aliphatic heterocycles. The van der Waals surface area contributed by atoms with E-state index in [0.717, 1.165) is 23.0 Å². The van der Waals surface area contributed by atoms with Crippen LogP contribution < -0.4 is 0 Å². The zero-order chi connectivity index (χ0) is 17.5. The van der Waals surface area contributed by atoms with Gasteiger partial charge in [0.2, 0.25) is 0 Å². The Labute approximate surface area is 147 Å². The van der Waals surface area contributed by atoms with Crippen molar-refractivity contribution in [2.45, 2.75) is 77.9 Å². The molecule has 0 heterocycles. The summed E-state index contributed by atoms with van der Waals surface area (Å²) in [5.41, 5.74) is 3.86. The second-order valence-electron chi connectivity index (χ2n) is 8.91. The maximum Gasteiger partial charge on any atom is 0.0811 e. The van der Waals surface area contributed by atoms with Crippen molar-refractivity contribution in [3.05, 3.63) is 35.5 Å². The SMILES string of the molecule is C=C1/C(=C\C=C2/CCCC3(C)[C@@H](C(C)C)CC[C@@H]23)C[C@H](O)C[C@@H]1O. The summed E-state index contributed by atoms with van der Waals surface area (Å²) in [4.78, 5) is 0. The largest absolute Gasteiger partial charge is 0.393 e. The van der Waals surface area contributed by atoms with E-state index in [1.165, 1.54) is 32.1 Å². The van der Waals surface area contributed by atoms with E-state index >= 15 is 0 Å². The Bertz CT molecular complexity index is 556. The van der Waals surface area contributed by atoms with Gasteiger partial charge in [-0.05, 0) is 72.8 Å². The molecule has 0 aromatic heterocycles. The monoisotopic (exact) mass is 330 g/mol. The molecule has 0 amide bonds. The molecule has 134 valence electrons. The van der Waals surface area contributed by atoms with Crippen molar-refractivity contribution < 1.29 is 10.2 Å². The molecule has 0 bridgehead atoms. The van der Waals surface area contributed by atoms with Crippen molar-refractivity contribution in [1.29, 1.82) is 0 Å². The first-order chi connectivity index (χ1) is 11.3. The van der Waals surface area contributed by atoms with Crippen LogP contribution in [0.25, 0.3) is 0 Å². The fourth-order valence-corrected chi connectivity index (χ4v) is 5.84.